The molecule has 3 aromatic rings. The Morgan fingerprint density at radius 2 is 1.76 bits per heavy atom. The number of amides is 2. The maximum atomic E-state index is 12.8. The topological polar surface area (TPSA) is 89.0 Å². The first-order chi connectivity index (χ1) is 17.8. The van der Waals surface area contributed by atoms with Gasteiger partial charge in [-0.05, 0) is 64.2 Å². The van der Waals surface area contributed by atoms with Crippen molar-refractivity contribution < 1.29 is 19.1 Å². The number of hydrogen-bond donors (Lipinski definition) is 2. The van der Waals surface area contributed by atoms with Crippen LogP contribution in [0.3, 0.4) is 0 Å². The number of benzene rings is 3. The fraction of sp³-hybridized carbons (Fsp3) is 0.250. The smallest absolute Gasteiger partial charge is 0.262 e. The van der Waals surface area contributed by atoms with Crippen molar-refractivity contribution in [2.45, 2.75) is 33.4 Å². The summed E-state index contributed by atoms with van der Waals surface area (Å²) in [5.74, 6) is 0.0708. The molecule has 0 heterocycles. The number of ether oxygens (including phenoxy) is 2. The standard InChI is InChI=1S/C28H29BrClN3O4/c1-4-36-24-15-20(14-22(29)26(24)37-17-19-10-6-5-7-11-19)16-31-33-28(35)25(18(2)3)32-27(34)21-12-8-9-13-23(21)30/h5-16,18,25H,4,17H2,1-3H3,(H,32,34)(H,33,35). The number of hydrogen-bond acceptors (Lipinski definition) is 5. The van der Waals surface area contributed by atoms with E-state index in [1.165, 1.54) is 6.21 Å². The lowest BCUT2D eigenvalue weighted by molar-refractivity contribution is -0.123. The van der Waals surface area contributed by atoms with Gasteiger partial charge in [-0.25, -0.2) is 5.43 Å². The molecular formula is C28H29BrClN3O4. The Hall–Kier alpha value is -3.36. The molecule has 0 saturated heterocycles. The fourth-order valence-corrected chi connectivity index (χ4v) is 4.23. The molecule has 0 aliphatic carbocycles. The molecule has 3 rings (SSSR count). The van der Waals surface area contributed by atoms with Crippen LogP contribution in [0.4, 0.5) is 0 Å². The first-order valence-electron chi connectivity index (χ1n) is 11.8. The second-order valence-corrected chi connectivity index (χ2v) is 9.71. The van der Waals surface area contributed by atoms with E-state index >= 15 is 0 Å². The number of rotatable bonds is 11. The SMILES string of the molecule is CCOc1cc(C=NNC(=O)C(NC(=O)c2ccccc2Cl)C(C)C)cc(Br)c1OCc1ccccc1. The van der Waals surface area contributed by atoms with Gasteiger partial charge in [0.15, 0.2) is 11.5 Å². The van der Waals surface area contributed by atoms with E-state index in [1.54, 1.807) is 30.3 Å². The van der Waals surface area contributed by atoms with Crippen LogP contribution in [0.1, 0.15) is 42.3 Å². The monoisotopic (exact) mass is 585 g/mol. The third-order valence-corrected chi connectivity index (χ3v) is 6.22. The van der Waals surface area contributed by atoms with Gasteiger partial charge < -0.3 is 14.8 Å². The summed E-state index contributed by atoms with van der Waals surface area (Å²) in [6.07, 6.45) is 1.50. The molecule has 37 heavy (non-hydrogen) atoms. The van der Waals surface area contributed by atoms with Gasteiger partial charge in [0.05, 0.1) is 27.9 Å². The van der Waals surface area contributed by atoms with E-state index in [0.29, 0.717) is 45.3 Å². The highest BCUT2D eigenvalue weighted by Gasteiger charge is 2.25. The number of carbonyl (C=O) groups is 2. The van der Waals surface area contributed by atoms with Gasteiger partial charge in [0, 0.05) is 0 Å². The molecule has 2 amide bonds. The molecule has 0 saturated carbocycles. The minimum atomic E-state index is -0.805. The first-order valence-corrected chi connectivity index (χ1v) is 13.0. The highest BCUT2D eigenvalue weighted by atomic mass is 79.9. The normalized spacial score (nSPS) is 11.8. The van der Waals surface area contributed by atoms with Crippen LogP contribution < -0.4 is 20.2 Å². The molecule has 3 aromatic carbocycles. The van der Waals surface area contributed by atoms with Gasteiger partial charge >= 0.3 is 0 Å². The Labute approximate surface area is 230 Å². The first kappa shape index (κ1) is 28.2. The van der Waals surface area contributed by atoms with Crippen molar-refractivity contribution in [3.8, 4) is 11.5 Å². The summed E-state index contributed by atoms with van der Waals surface area (Å²) in [6.45, 7) is 6.39. The highest BCUT2D eigenvalue weighted by molar-refractivity contribution is 9.10. The van der Waals surface area contributed by atoms with E-state index < -0.39 is 17.9 Å². The van der Waals surface area contributed by atoms with Crippen LogP contribution in [0.25, 0.3) is 0 Å². The molecule has 9 heteroatoms. The average Bonchev–Trinajstić information content (AvgIpc) is 2.87. The Morgan fingerprint density at radius 1 is 1.05 bits per heavy atom. The molecule has 0 spiro atoms. The van der Waals surface area contributed by atoms with Crippen LogP contribution in [0.5, 0.6) is 11.5 Å². The predicted octanol–water partition coefficient (Wildman–Crippen LogP) is 5.98. The van der Waals surface area contributed by atoms with Crippen LogP contribution in [0, 0.1) is 5.92 Å². The van der Waals surface area contributed by atoms with Gasteiger partial charge in [0.1, 0.15) is 12.6 Å². The molecule has 0 aliphatic heterocycles. The molecule has 0 bridgehead atoms. The molecule has 0 radical (unpaired) electrons. The van der Waals surface area contributed by atoms with E-state index in [2.05, 4.69) is 31.8 Å². The second kappa shape index (κ2) is 13.8. The molecule has 7 nitrogen and oxygen atoms in total. The molecule has 1 unspecified atom stereocenters. The number of hydrazone groups is 1. The zero-order chi connectivity index (χ0) is 26.8. The highest BCUT2D eigenvalue weighted by Crippen LogP contribution is 2.37. The van der Waals surface area contributed by atoms with Crippen molar-refractivity contribution in [2.75, 3.05) is 6.61 Å². The van der Waals surface area contributed by atoms with Crippen LogP contribution in [-0.4, -0.2) is 30.7 Å². The largest absolute Gasteiger partial charge is 0.490 e. The van der Waals surface area contributed by atoms with Crippen molar-refractivity contribution in [2.24, 2.45) is 11.0 Å². The van der Waals surface area contributed by atoms with Gasteiger partial charge in [0.2, 0.25) is 0 Å². The molecular weight excluding hydrogens is 558 g/mol. The molecule has 194 valence electrons. The van der Waals surface area contributed by atoms with Gasteiger partial charge in [-0.1, -0.05) is 67.9 Å². The molecule has 0 fully saturated rings. The van der Waals surface area contributed by atoms with E-state index in [0.717, 1.165) is 5.56 Å². The minimum absolute atomic E-state index is 0.179. The summed E-state index contributed by atoms with van der Waals surface area (Å²) >= 11 is 9.66. The van der Waals surface area contributed by atoms with Gasteiger partial charge in [-0.3, -0.25) is 9.59 Å². The Balaban J connectivity index is 1.69. The van der Waals surface area contributed by atoms with Crippen molar-refractivity contribution in [3.05, 3.63) is 92.9 Å². The summed E-state index contributed by atoms with van der Waals surface area (Å²) in [5.41, 5.74) is 4.53. The average molecular weight is 587 g/mol. The summed E-state index contributed by atoms with van der Waals surface area (Å²) in [7, 11) is 0. The number of carbonyl (C=O) groups excluding carboxylic acids is 2. The van der Waals surface area contributed by atoms with Gasteiger partial charge in [0.25, 0.3) is 11.8 Å². The van der Waals surface area contributed by atoms with Gasteiger partial charge in [-0.15, -0.1) is 0 Å². The van der Waals surface area contributed by atoms with Crippen LogP contribution in [0.15, 0.2) is 76.3 Å². The van der Waals surface area contributed by atoms with Crippen molar-refractivity contribution in [3.63, 3.8) is 0 Å². The number of nitrogens with one attached hydrogen (secondary N) is 2. The van der Waals surface area contributed by atoms with E-state index in [4.69, 9.17) is 21.1 Å². The van der Waals surface area contributed by atoms with E-state index in [1.807, 2.05) is 57.2 Å². The lowest BCUT2D eigenvalue weighted by Gasteiger charge is -2.20. The van der Waals surface area contributed by atoms with Crippen LogP contribution >= 0.6 is 27.5 Å². The van der Waals surface area contributed by atoms with E-state index in [-0.39, 0.29) is 5.92 Å². The maximum absolute atomic E-state index is 12.8. The third kappa shape index (κ3) is 8.06. The van der Waals surface area contributed by atoms with Crippen LogP contribution in [0.2, 0.25) is 5.02 Å². The predicted molar refractivity (Wildman–Crippen MR) is 149 cm³/mol. The molecule has 0 aromatic heterocycles. The second-order valence-electron chi connectivity index (χ2n) is 8.45. The van der Waals surface area contributed by atoms with Crippen molar-refractivity contribution in [1.29, 1.82) is 0 Å². The number of nitrogens with zero attached hydrogens (tertiary/aromatic N) is 1. The Bertz CT molecular complexity index is 1250. The van der Waals surface area contributed by atoms with Gasteiger partial charge in [-0.2, -0.15) is 5.10 Å². The molecule has 2 N–H and O–H groups in total. The minimum Gasteiger partial charge on any atom is -0.490 e. The summed E-state index contributed by atoms with van der Waals surface area (Å²) in [6, 6.07) is 19.3. The third-order valence-electron chi connectivity index (χ3n) is 5.30. The van der Waals surface area contributed by atoms with Crippen molar-refractivity contribution in [1.82, 2.24) is 10.7 Å². The zero-order valence-electron chi connectivity index (χ0n) is 20.8. The van der Waals surface area contributed by atoms with Crippen molar-refractivity contribution >= 4 is 45.6 Å². The summed E-state index contributed by atoms with van der Waals surface area (Å²) < 4.78 is 12.5. The fourth-order valence-electron chi connectivity index (χ4n) is 3.43. The summed E-state index contributed by atoms with van der Waals surface area (Å²) in [4.78, 5) is 25.5. The molecule has 0 aliphatic rings. The zero-order valence-corrected chi connectivity index (χ0v) is 23.2. The quantitative estimate of drug-likeness (QED) is 0.214. The maximum Gasteiger partial charge on any atom is 0.262 e. The lowest BCUT2D eigenvalue weighted by Crippen LogP contribution is -2.48. The summed E-state index contributed by atoms with van der Waals surface area (Å²) in [5, 5.41) is 7.14. The van der Waals surface area contributed by atoms with Crippen LogP contribution in [-0.2, 0) is 11.4 Å². The number of halogens is 2. The van der Waals surface area contributed by atoms with E-state index in [9.17, 15) is 9.59 Å². The molecule has 1 atom stereocenters. The Kier molecular flexibility index (Phi) is 10.5. The lowest BCUT2D eigenvalue weighted by atomic mass is 10.0. The Morgan fingerprint density at radius 3 is 2.43 bits per heavy atom.